The Labute approximate surface area is 345 Å². The highest BCUT2D eigenvalue weighted by Gasteiger charge is 2.49. The summed E-state index contributed by atoms with van der Waals surface area (Å²) in [5.41, 5.74) is 5.63. The average molecular weight is 794 g/mol. The number of nitrogens with zero attached hydrogens (tertiary/aromatic N) is 3. The number of benzene rings is 7. The lowest BCUT2D eigenvalue weighted by molar-refractivity contribution is 0.454. The monoisotopic (exact) mass is 793 g/mol. The Morgan fingerprint density at radius 2 is 1.14 bits per heavy atom. The van der Waals surface area contributed by atoms with Crippen molar-refractivity contribution in [2.75, 3.05) is 0 Å². The normalized spacial score (nSPS) is 15.2. The molecule has 9 aromatic rings. The van der Waals surface area contributed by atoms with Crippen LogP contribution in [0.3, 0.4) is 0 Å². The Kier molecular flexibility index (Phi) is 7.71. The lowest BCUT2D eigenvalue weighted by Gasteiger charge is -2.45. The third kappa shape index (κ3) is 5.55. The number of para-hydroxylation sites is 6. The first-order valence-corrected chi connectivity index (χ1v) is 24.1. The molecule has 1 aliphatic heterocycles. The van der Waals surface area contributed by atoms with Crippen molar-refractivity contribution in [1.29, 1.82) is 4.94 Å². The molecule has 2 aromatic heterocycles. The largest absolute Gasteiger partial charge is 0.457 e. The molecule has 1 aliphatic rings. The molecule has 57 heavy (non-hydrogen) atoms. The van der Waals surface area contributed by atoms with E-state index in [2.05, 4.69) is 142 Å². The molecule has 7 aromatic carbocycles. The van der Waals surface area contributed by atoms with E-state index in [1.807, 2.05) is 70.2 Å². The second-order valence-corrected chi connectivity index (χ2v) is 24.4. The molecule has 0 radical (unpaired) electrons. The van der Waals surface area contributed by atoms with Crippen molar-refractivity contribution in [1.82, 2.24) is 14.0 Å². The van der Waals surface area contributed by atoms with Gasteiger partial charge >= 0.3 is 0 Å². The van der Waals surface area contributed by atoms with Gasteiger partial charge in [0.25, 0.3) is 0 Å². The van der Waals surface area contributed by atoms with Crippen LogP contribution >= 0.6 is 0 Å². The smallest absolute Gasteiger partial charge is 0.220 e. The second-order valence-electron chi connectivity index (χ2n) is 15.7. The van der Waals surface area contributed by atoms with Gasteiger partial charge in [0, 0.05) is 34.1 Å². The van der Waals surface area contributed by atoms with Gasteiger partial charge in [0.2, 0.25) is 5.78 Å². The molecule has 3 heterocycles. The second kappa shape index (κ2) is 14.0. The molecule has 0 spiro atoms. The van der Waals surface area contributed by atoms with Crippen molar-refractivity contribution >= 4 is 75.4 Å². The standard InChI is InChI=1S/C50H47N3OSi3/c1-34(2)55-50(56-35(3)4)40-25-11-16-31-46(40)54-48-41(50)26-18-32-47(48)57(37-20-7-5-8-21-37,38-22-9-6-10-23-38)39-24-17-19-36(33-39)52-44-29-14-15-30-45(44)53-43-28-13-12-27-42(43)51-49(52)53/h5-35H,55-56H2,1-4H3/i55D2,56D2. The molecular weight excluding hydrogens is 743 g/mol. The summed E-state index contributed by atoms with van der Waals surface area (Å²) in [5, 5.41) is 4.36. The maximum Gasteiger partial charge on any atom is 0.220 e. The maximum absolute atomic E-state index is 10.3. The highest BCUT2D eigenvalue weighted by Crippen LogP contribution is 2.49. The van der Waals surface area contributed by atoms with E-state index in [1.54, 1.807) is 0 Å². The van der Waals surface area contributed by atoms with Crippen LogP contribution in [0.25, 0.3) is 33.5 Å². The zero-order valence-electron chi connectivity index (χ0n) is 36.6. The van der Waals surface area contributed by atoms with Gasteiger partial charge in [-0.05, 0) is 74.3 Å². The first-order chi connectivity index (χ1) is 29.5. The first-order valence-electron chi connectivity index (χ1n) is 22.0. The number of fused-ring (bicyclic) bond motifs is 7. The maximum atomic E-state index is 10.3. The minimum absolute atomic E-state index is 0.369. The summed E-state index contributed by atoms with van der Waals surface area (Å²) in [5.74, 6) is 1.96. The number of aromatic nitrogens is 3. The highest BCUT2D eigenvalue weighted by molar-refractivity contribution is 7.20. The van der Waals surface area contributed by atoms with Crippen LogP contribution in [0.4, 0.5) is 0 Å². The third-order valence-corrected chi connectivity index (χ3v) is 20.1. The van der Waals surface area contributed by atoms with Gasteiger partial charge < -0.3 is 4.74 Å². The Hall–Kier alpha value is -5.74. The van der Waals surface area contributed by atoms with Crippen molar-refractivity contribution in [3.63, 3.8) is 0 Å². The van der Waals surface area contributed by atoms with Gasteiger partial charge in [-0.25, -0.2) is 4.98 Å². The number of hydrogen-bond donors (Lipinski definition) is 0. The van der Waals surface area contributed by atoms with E-state index in [4.69, 9.17) is 9.72 Å². The van der Waals surface area contributed by atoms with Crippen molar-refractivity contribution < 1.29 is 4.74 Å². The molecule has 0 bridgehead atoms. The van der Waals surface area contributed by atoms with E-state index >= 15 is 0 Å². The molecule has 0 saturated heterocycles. The molecule has 0 N–H and O–H groups in total. The van der Waals surface area contributed by atoms with Crippen molar-refractivity contribution in [3.05, 3.63) is 187 Å². The van der Waals surface area contributed by atoms with E-state index in [1.165, 1.54) is 0 Å². The molecule has 0 amide bonds. The molecule has 0 aliphatic carbocycles. The van der Waals surface area contributed by atoms with Gasteiger partial charge in [-0.3, -0.25) is 8.97 Å². The summed E-state index contributed by atoms with van der Waals surface area (Å²) in [7, 11) is -11.5. The van der Waals surface area contributed by atoms with E-state index in [-0.39, 0.29) is 11.1 Å². The molecule has 7 heteroatoms. The van der Waals surface area contributed by atoms with Gasteiger partial charge in [0.15, 0.2) is 8.07 Å². The van der Waals surface area contributed by atoms with Gasteiger partial charge in [0.05, 0.1) is 22.1 Å². The lowest BCUT2D eigenvalue weighted by Crippen LogP contribution is -2.75. The van der Waals surface area contributed by atoms with Crippen LogP contribution in [0, 0.1) is 0 Å². The number of ether oxygens (including phenoxy) is 1. The van der Waals surface area contributed by atoms with Crippen molar-refractivity contribution in [2.45, 2.75) is 43.4 Å². The summed E-state index contributed by atoms with van der Waals surface area (Å²) in [6, 6.07) is 61.0. The minimum Gasteiger partial charge on any atom is -0.457 e. The summed E-state index contributed by atoms with van der Waals surface area (Å²) in [6.07, 6.45) is 0. The van der Waals surface area contributed by atoms with Crippen LogP contribution < -0.4 is 25.5 Å². The Bertz CT molecular complexity index is 3050. The Balaban J connectivity index is 1.35. The van der Waals surface area contributed by atoms with E-state index in [0.29, 0.717) is 22.6 Å². The molecule has 10 rings (SSSR count). The van der Waals surface area contributed by atoms with Crippen LogP contribution in [0.15, 0.2) is 176 Å². The van der Waals surface area contributed by atoms with Crippen molar-refractivity contribution in [3.8, 4) is 17.2 Å². The van der Waals surface area contributed by atoms with Gasteiger partial charge in [0.1, 0.15) is 11.5 Å². The Morgan fingerprint density at radius 3 is 1.84 bits per heavy atom. The van der Waals surface area contributed by atoms with Crippen LogP contribution in [0.1, 0.15) is 38.8 Å². The van der Waals surface area contributed by atoms with E-state index in [9.17, 15) is 4.94 Å². The van der Waals surface area contributed by atoms with Gasteiger partial charge in [-0.2, -0.15) is 0 Å². The first kappa shape index (κ1) is 31.4. The fraction of sp³-hybridized carbons (Fsp3) is 0.140. The van der Waals surface area contributed by atoms with E-state index in [0.717, 1.165) is 54.3 Å². The molecule has 0 fully saturated rings. The number of imidazole rings is 2. The summed E-state index contributed by atoms with van der Waals surface area (Å²) in [4.78, 5) is 5.22. The predicted molar refractivity (Wildman–Crippen MR) is 248 cm³/mol. The molecule has 0 saturated carbocycles. The third-order valence-electron chi connectivity index (χ3n) is 11.4. The molecule has 280 valence electrons. The Morgan fingerprint density at radius 1 is 0.579 bits per heavy atom. The van der Waals surface area contributed by atoms with Crippen LogP contribution in [-0.2, 0) is 4.66 Å². The average Bonchev–Trinajstić information content (AvgIpc) is 3.81. The van der Waals surface area contributed by atoms with Crippen LogP contribution in [-0.4, -0.2) is 45.7 Å². The lowest BCUT2D eigenvalue weighted by atomic mass is 9.98. The summed E-state index contributed by atoms with van der Waals surface area (Å²) in [6.45, 7) is 7.79. The molecule has 4 nitrogen and oxygen atoms in total. The van der Waals surface area contributed by atoms with Crippen LogP contribution in [0.2, 0.25) is 11.1 Å². The fourth-order valence-corrected chi connectivity index (χ4v) is 19.5. The fourth-order valence-electron chi connectivity index (χ4n) is 9.40. The molecule has 0 atom stereocenters. The zero-order valence-corrected chi connectivity index (χ0v) is 35.6. The topological polar surface area (TPSA) is 31.5 Å². The molecule has 0 unspecified atom stereocenters. The zero-order chi connectivity index (χ0) is 42.3. The summed E-state index contributed by atoms with van der Waals surface area (Å²) < 4.78 is 51.4. The molecular formula is C50H47N3OSi3. The van der Waals surface area contributed by atoms with Gasteiger partial charge in [-0.15, -0.1) is 0 Å². The summed E-state index contributed by atoms with van der Waals surface area (Å²) >= 11 is 0. The predicted octanol–water partition coefficient (Wildman–Crippen LogP) is 8.11. The SMILES string of the molecule is [2H][Si]([2H])(C(C)C)C1([Si]([2H])([2H])C(C)C)c2ccccc2Oc2c1cccc2[Si](c1ccccc1)(c1ccccc1)c1cccc(-n2c3ccccc3n3c4ccccc4nc23)c1. The van der Waals surface area contributed by atoms with Gasteiger partial charge in [-0.1, -0.05) is 172 Å². The van der Waals surface area contributed by atoms with Crippen LogP contribution in [0.5, 0.6) is 11.5 Å². The van der Waals surface area contributed by atoms with E-state index < -0.39 is 31.5 Å². The number of rotatable bonds is 9. The quantitative estimate of drug-likeness (QED) is 0.109. The minimum atomic E-state index is -4.05. The number of hydrogen-bond acceptors (Lipinski definition) is 2. The highest BCUT2D eigenvalue weighted by atomic mass is 28.3. The van der Waals surface area contributed by atoms with Crippen molar-refractivity contribution in [2.24, 2.45) is 0 Å².